The highest BCUT2D eigenvalue weighted by molar-refractivity contribution is 7.15. The molecule has 3 aromatic rings. The van der Waals surface area contributed by atoms with Crippen molar-refractivity contribution in [3.63, 3.8) is 0 Å². The van der Waals surface area contributed by atoms with E-state index in [9.17, 15) is 32.3 Å². The third kappa shape index (κ3) is 4.50. The van der Waals surface area contributed by atoms with E-state index < -0.39 is 42.0 Å². The number of halogens is 3. The summed E-state index contributed by atoms with van der Waals surface area (Å²) in [5.74, 6) is -3.13. The van der Waals surface area contributed by atoms with Gasteiger partial charge in [0.25, 0.3) is 17.7 Å². The summed E-state index contributed by atoms with van der Waals surface area (Å²) in [6.45, 7) is 0.881. The SMILES string of the molecule is Cc1nnc(N2C(=O)c3ccc(C(=O)OCC(=O)Nc4cccc(C(F)(F)F)c4)cc3C2=O)s1. The van der Waals surface area contributed by atoms with Crippen molar-refractivity contribution < 1.29 is 37.1 Å². The number of carbonyl (C=O) groups excluding carboxylic acids is 4. The van der Waals surface area contributed by atoms with E-state index >= 15 is 0 Å². The zero-order valence-electron chi connectivity index (χ0n) is 17.2. The van der Waals surface area contributed by atoms with Crippen LogP contribution in [0, 0.1) is 6.92 Å². The molecular weight excluding hydrogens is 477 g/mol. The standard InChI is InChI=1S/C21H13F3N4O5S/c1-10-26-27-20(34-10)28-17(30)14-6-5-11(7-15(14)18(28)31)19(32)33-9-16(29)25-13-4-2-3-12(8-13)21(22,23)24/h2-8H,9H2,1H3,(H,25,29). The second-order valence-electron chi connectivity index (χ2n) is 7.01. The first-order chi connectivity index (χ1) is 16.0. The predicted octanol–water partition coefficient (Wildman–Crippen LogP) is 3.46. The molecule has 0 fully saturated rings. The van der Waals surface area contributed by atoms with E-state index in [-0.39, 0.29) is 27.5 Å². The van der Waals surface area contributed by atoms with E-state index in [4.69, 9.17) is 4.74 Å². The summed E-state index contributed by atoms with van der Waals surface area (Å²) in [4.78, 5) is 50.5. The molecule has 3 amide bonds. The number of nitrogens with zero attached hydrogens (tertiary/aromatic N) is 3. The molecule has 0 atom stereocenters. The topological polar surface area (TPSA) is 119 Å². The lowest BCUT2D eigenvalue weighted by atomic mass is 10.1. The van der Waals surface area contributed by atoms with E-state index in [2.05, 4.69) is 15.5 Å². The van der Waals surface area contributed by atoms with Crippen molar-refractivity contribution in [3.8, 4) is 0 Å². The summed E-state index contributed by atoms with van der Waals surface area (Å²) in [5, 5.41) is 10.4. The van der Waals surface area contributed by atoms with Gasteiger partial charge in [0.05, 0.1) is 22.3 Å². The number of aryl methyl sites for hydroxylation is 1. The number of fused-ring (bicyclic) bond motifs is 1. The van der Waals surface area contributed by atoms with Crippen LogP contribution in [0.25, 0.3) is 0 Å². The van der Waals surface area contributed by atoms with Crippen molar-refractivity contribution in [2.45, 2.75) is 13.1 Å². The molecule has 13 heteroatoms. The van der Waals surface area contributed by atoms with Gasteiger partial charge in [0.15, 0.2) is 6.61 Å². The van der Waals surface area contributed by atoms with Crippen LogP contribution in [-0.2, 0) is 15.7 Å². The largest absolute Gasteiger partial charge is 0.452 e. The number of hydrogen-bond acceptors (Lipinski definition) is 8. The van der Waals surface area contributed by atoms with Crippen LogP contribution in [0.5, 0.6) is 0 Å². The van der Waals surface area contributed by atoms with Gasteiger partial charge in [0.1, 0.15) is 5.01 Å². The molecule has 1 N–H and O–H groups in total. The monoisotopic (exact) mass is 490 g/mol. The molecule has 0 spiro atoms. The molecule has 0 saturated heterocycles. The van der Waals surface area contributed by atoms with Crippen LogP contribution in [-0.4, -0.2) is 40.5 Å². The van der Waals surface area contributed by atoms with Crippen LogP contribution >= 0.6 is 11.3 Å². The van der Waals surface area contributed by atoms with Gasteiger partial charge in [-0.3, -0.25) is 14.4 Å². The number of ether oxygens (including phenoxy) is 1. The first kappa shape index (κ1) is 23.0. The van der Waals surface area contributed by atoms with Crippen molar-refractivity contribution in [3.05, 3.63) is 69.7 Å². The number of carbonyl (C=O) groups is 4. The maximum Gasteiger partial charge on any atom is 0.416 e. The highest BCUT2D eigenvalue weighted by Gasteiger charge is 2.39. The fraction of sp³-hybridized carbons (Fsp3) is 0.143. The Morgan fingerprint density at radius 3 is 2.47 bits per heavy atom. The fourth-order valence-corrected chi connectivity index (χ4v) is 3.79. The molecule has 0 unspecified atom stereocenters. The number of amides is 3. The Morgan fingerprint density at radius 2 is 1.79 bits per heavy atom. The van der Waals surface area contributed by atoms with Crippen LogP contribution < -0.4 is 10.2 Å². The third-order valence-corrected chi connectivity index (χ3v) is 5.46. The molecule has 0 aliphatic carbocycles. The van der Waals surface area contributed by atoms with Crippen LogP contribution in [0.15, 0.2) is 42.5 Å². The molecule has 9 nitrogen and oxygen atoms in total. The van der Waals surface area contributed by atoms with Crippen molar-refractivity contribution >= 4 is 45.8 Å². The maximum absolute atomic E-state index is 12.8. The number of rotatable bonds is 5. The molecule has 0 bridgehead atoms. The summed E-state index contributed by atoms with van der Waals surface area (Å²) in [6.07, 6.45) is -4.58. The van der Waals surface area contributed by atoms with Gasteiger partial charge in [0.2, 0.25) is 5.13 Å². The number of nitrogens with one attached hydrogen (secondary N) is 1. The Morgan fingerprint density at radius 1 is 1.06 bits per heavy atom. The second-order valence-corrected chi connectivity index (χ2v) is 8.17. The molecule has 4 rings (SSSR count). The lowest BCUT2D eigenvalue weighted by Gasteiger charge is -2.10. The normalized spacial score (nSPS) is 13.1. The first-order valence-corrected chi connectivity index (χ1v) is 10.3. The highest BCUT2D eigenvalue weighted by Crippen LogP contribution is 2.32. The van der Waals surface area contributed by atoms with Crippen LogP contribution in [0.3, 0.4) is 0 Å². The molecular formula is C21H13F3N4O5S. The van der Waals surface area contributed by atoms with Crippen LogP contribution in [0.1, 0.15) is 41.6 Å². The number of anilines is 2. The Hall–Kier alpha value is -4.13. The van der Waals surface area contributed by atoms with Gasteiger partial charge in [-0.25, -0.2) is 9.69 Å². The molecule has 0 saturated carbocycles. The number of benzene rings is 2. The fourth-order valence-electron chi connectivity index (χ4n) is 3.10. The summed E-state index contributed by atoms with van der Waals surface area (Å²) in [7, 11) is 0. The lowest BCUT2D eigenvalue weighted by Crippen LogP contribution is -2.29. The van der Waals surface area contributed by atoms with Crippen molar-refractivity contribution in [2.24, 2.45) is 0 Å². The van der Waals surface area contributed by atoms with E-state index in [1.165, 1.54) is 18.2 Å². The molecule has 1 aromatic heterocycles. The van der Waals surface area contributed by atoms with Gasteiger partial charge in [-0.2, -0.15) is 13.2 Å². The number of imide groups is 1. The molecule has 2 heterocycles. The molecule has 1 aliphatic heterocycles. The Kier molecular flexibility index (Phi) is 5.87. The minimum absolute atomic E-state index is 0.0410. The summed E-state index contributed by atoms with van der Waals surface area (Å²) in [6, 6.07) is 7.67. The minimum atomic E-state index is -4.58. The smallest absolute Gasteiger partial charge is 0.416 e. The summed E-state index contributed by atoms with van der Waals surface area (Å²) < 4.78 is 43.2. The number of aromatic nitrogens is 2. The van der Waals surface area contributed by atoms with Gasteiger partial charge in [-0.15, -0.1) is 10.2 Å². The average molecular weight is 490 g/mol. The summed E-state index contributed by atoms with van der Waals surface area (Å²) in [5.41, 5.74) is -1.14. The average Bonchev–Trinajstić information content (AvgIpc) is 3.32. The molecule has 2 aromatic carbocycles. The maximum atomic E-state index is 12.8. The molecule has 1 aliphatic rings. The minimum Gasteiger partial charge on any atom is -0.452 e. The number of alkyl halides is 3. The van der Waals surface area contributed by atoms with E-state index in [1.807, 2.05) is 0 Å². The quantitative estimate of drug-likeness (QED) is 0.430. The van der Waals surface area contributed by atoms with Gasteiger partial charge < -0.3 is 10.1 Å². The number of esters is 1. The lowest BCUT2D eigenvalue weighted by molar-refractivity contribution is -0.137. The second kappa shape index (κ2) is 8.67. The zero-order chi connectivity index (χ0) is 24.6. The van der Waals surface area contributed by atoms with Crippen molar-refractivity contribution in [2.75, 3.05) is 16.8 Å². The van der Waals surface area contributed by atoms with Gasteiger partial charge in [-0.1, -0.05) is 17.4 Å². The van der Waals surface area contributed by atoms with Gasteiger partial charge in [-0.05, 0) is 43.3 Å². The van der Waals surface area contributed by atoms with E-state index in [0.29, 0.717) is 5.01 Å². The van der Waals surface area contributed by atoms with Gasteiger partial charge >= 0.3 is 12.1 Å². The van der Waals surface area contributed by atoms with E-state index in [1.54, 1.807) is 6.92 Å². The third-order valence-electron chi connectivity index (χ3n) is 4.64. The molecule has 0 radical (unpaired) electrons. The van der Waals surface area contributed by atoms with Gasteiger partial charge in [0, 0.05) is 5.69 Å². The first-order valence-electron chi connectivity index (χ1n) is 9.52. The molecule has 34 heavy (non-hydrogen) atoms. The Balaban J connectivity index is 1.42. The van der Waals surface area contributed by atoms with Crippen molar-refractivity contribution in [1.82, 2.24) is 10.2 Å². The Bertz CT molecular complexity index is 1340. The predicted molar refractivity (Wildman–Crippen MR) is 113 cm³/mol. The molecule has 174 valence electrons. The number of hydrogen-bond donors (Lipinski definition) is 1. The Labute approximate surface area is 193 Å². The van der Waals surface area contributed by atoms with Crippen molar-refractivity contribution in [1.29, 1.82) is 0 Å². The summed E-state index contributed by atoms with van der Waals surface area (Å²) >= 11 is 1.05. The zero-order valence-corrected chi connectivity index (χ0v) is 18.0. The van der Waals surface area contributed by atoms with E-state index in [0.717, 1.165) is 40.5 Å². The van der Waals surface area contributed by atoms with Crippen LogP contribution in [0.4, 0.5) is 24.0 Å². The highest BCUT2D eigenvalue weighted by atomic mass is 32.1. The van der Waals surface area contributed by atoms with Crippen LogP contribution in [0.2, 0.25) is 0 Å².